The summed E-state index contributed by atoms with van der Waals surface area (Å²) in [5, 5.41) is 2.80. The van der Waals surface area contributed by atoms with Crippen LogP contribution in [0, 0.1) is 0 Å². The van der Waals surface area contributed by atoms with Gasteiger partial charge in [0.05, 0.1) is 4.90 Å². The lowest BCUT2D eigenvalue weighted by Crippen LogP contribution is -2.20. The lowest BCUT2D eigenvalue weighted by molar-refractivity contribution is 0.102. The van der Waals surface area contributed by atoms with Crippen LogP contribution in [-0.2, 0) is 22.9 Å². The molecular formula is C17H19N3O3S. The van der Waals surface area contributed by atoms with E-state index in [1.54, 1.807) is 0 Å². The molecule has 0 aliphatic heterocycles. The van der Waals surface area contributed by atoms with Gasteiger partial charge in [-0.05, 0) is 67.8 Å². The van der Waals surface area contributed by atoms with Gasteiger partial charge in [0, 0.05) is 16.9 Å². The molecule has 0 fully saturated rings. The van der Waals surface area contributed by atoms with Gasteiger partial charge in [-0.25, -0.2) is 13.1 Å². The fourth-order valence-corrected chi connectivity index (χ4v) is 3.69. The Morgan fingerprint density at radius 3 is 2.58 bits per heavy atom. The van der Waals surface area contributed by atoms with Gasteiger partial charge < -0.3 is 11.1 Å². The summed E-state index contributed by atoms with van der Waals surface area (Å²) in [5.41, 5.74) is 9.42. The molecule has 7 heteroatoms. The van der Waals surface area contributed by atoms with Crippen LogP contribution in [0.2, 0.25) is 0 Å². The van der Waals surface area contributed by atoms with E-state index in [-0.39, 0.29) is 16.1 Å². The van der Waals surface area contributed by atoms with Crippen LogP contribution in [-0.4, -0.2) is 21.4 Å². The highest BCUT2D eigenvalue weighted by molar-refractivity contribution is 7.89. The minimum Gasteiger partial charge on any atom is -0.399 e. The van der Waals surface area contributed by atoms with Crippen LogP contribution in [0.1, 0.15) is 27.9 Å². The fraction of sp³-hybridized carbons (Fsp3) is 0.235. The van der Waals surface area contributed by atoms with Gasteiger partial charge in [-0.15, -0.1) is 0 Å². The van der Waals surface area contributed by atoms with Gasteiger partial charge in [0.25, 0.3) is 5.91 Å². The third-order valence-corrected chi connectivity index (χ3v) is 5.52. The first-order chi connectivity index (χ1) is 11.4. The number of anilines is 2. The summed E-state index contributed by atoms with van der Waals surface area (Å²) in [6.45, 7) is 0. The molecular weight excluding hydrogens is 326 g/mol. The Morgan fingerprint density at radius 2 is 1.83 bits per heavy atom. The molecule has 0 unspecified atom stereocenters. The maximum absolute atomic E-state index is 12.5. The van der Waals surface area contributed by atoms with Gasteiger partial charge in [0.15, 0.2) is 0 Å². The van der Waals surface area contributed by atoms with Crippen LogP contribution in [0.3, 0.4) is 0 Å². The van der Waals surface area contributed by atoms with Crippen molar-refractivity contribution >= 4 is 27.3 Å². The van der Waals surface area contributed by atoms with Crippen LogP contribution < -0.4 is 15.8 Å². The van der Waals surface area contributed by atoms with Crippen molar-refractivity contribution in [1.29, 1.82) is 0 Å². The van der Waals surface area contributed by atoms with Crippen molar-refractivity contribution in [2.45, 2.75) is 24.2 Å². The first kappa shape index (κ1) is 16.5. The normalized spacial score (nSPS) is 13.5. The zero-order valence-electron chi connectivity index (χ0n) is 13.3. The van der Waals surface area contributed by atoms with Gasteiger partial charge in [-0.1, -0.05) is 6.07 Å². The molecule has 3 rings (SSSR count). The lowest BCUT2D eigenvalue weighted by Gasteiger charge is -2.10. The van der Waals surface area contributed by atoms with E-state index < -0.39 is 15.9 Å². The van der Waals surface area contributed by atoms with E-state index in [1.165, 1.54) is 36.4 Å². The van der Waals surface area contributed by atoms with Crippen molar-refractivity contribution in [1.82, 2.24) is 4.72 Å². The summed E-state index contributed by atoms with van der Waals surface area (Å²) in [6.07, 6.45) is 3.22. The molecule has 24 heavy (non-hydrogen) atoms. The van der Waals surface area contributed by atoms with Crippen LogP contribution in [0.15, 0.2) is 41.3 Å². The molecule has 2 aromatic carbocycles. The number of fused-ring (bicyclic) bond motifs is 1. The quantitative estimate of drug-likeness (QED) is 0.737. The SMILES string of the molecule is CNS(=O)(=O)c1cc(N)cc(C(=O)Nc2ccc3c(c2)CCC3)c1. The lowest BCUT2D eigenvalue weighted by atomic mass is 10.1. The molecule has 126 valence electrons. The second-order valence-corrected chi connectivity index (χ2v) is 7.68. The highest BCUT2D eigenvalue weighted by atomic mass is 32.2. The Morgan fingerprint density at radius 1 is 1.08 bits per heavy atom. The van der Waals surface area contributed by atoms with Crippen molar-refractivity contribution in [2.75, 3.05) is 18.1 Å². The standard InChI is InChI=1S/C17H19N3O3S/c1-19-24(22,23)16-9-13(7-14(18)10-16)17(21)20-15-6-5-11-3-2-4-12(11)8-15/h5-10,19H,2-4,18H2,1H3,(H,20,21). The van der Waals surface area contributed by atoms with Crippen LogP contribution in [0.25, 0.3) is 0 Å². The Balaban J connectivity index is 1.87. The molecule has 0 saturated heterocycles. The van der Waals surface area contributed by atoms with E-state index in [0.29, 0.717) is 5.69 Å². The number of sulfonamides is 1. The second-order valence-electron chi connectivity index (χ2n) is 5.79. The molecule has 0 radical (unpaired) electrons. The maximum Gasteiger partial charge on any atom is 0.255 e. The zero-order valence-corrected chi connectivity index (χ0v) is 14.1. The first-order valence-electron chi connectivity index (χ1n) is 7.66. The van der Waals surface area contributed by atoms with Crippen molar-refractivity contribution in [3.63, 3.8) is 0 Å². The molecule has 0 atom stereocenters. The monoisotopic (exact) mass is 345 g/mol. The Kier molecular flexibility index (Phi) is 4.29. The molecule has 0 bridgehead atoms. The highest BCUT2D eigenvalue weighted by Gasteiger charge is 2.17. The number of carbonyl (C=O) groups excluding carboxylic acids is 1. The van der Waals surface area contributed by atoms with Crippen LogP contribution >= 0.6 is 0 Å². The third kappa shape index (κ3) is 3.27. The van der Waals surface area contributed by atoms with E-state index in [1.807, 2.05) is 18.2 Å². The number of nitrogens with two attached hydrogens (primary N) is 1. The van der Waals surface area contributed by atoms with E-state index >= 15 is 0 Å². The van der Waals surface area contributed by atoms with E-state index in [0.717, 1.165) is 19.3 Å². The van der Waals surface area contributed by atoms with Gasteiger partial charge in [0.1, 0.15) is 0 Å². The van der Waals surface area contributed by atoms with Crippen molar-refractivity contribution in [3.05, 3.63) is 53.1 Å². The third-order valence-electron chi connectivity index (χ3n) is 4.13. The van der Waals surface area contributed by atoms with Gasteiger partial charge in [0.2, 0.25) is 10.0 Å². The Labute approximate surface area is 141 Å². The number of aryl methyl sites for hydroxylation is 2. The first-order valence-corrected chi connectivity index (χ1v) is 9.14. The number of rotatable bonds is 4. The predicted molar refractivity (Wildman–Crippen MR) is 93.5 cm³/mol. The predicted octanol–water partition coefficient (Wildman–Crippen LogP) is 1.92. The van der Waals surface area contributed by atoms with Crippen molar-refractivity contribution in [3.8, 4) is 0 Å². The summed E-state index contributed by atoms with van der Waals surface area (Å²) < 4.78 is 26.0. The average Bonchev–Trinajstić information content (AvgIpc) is 3.02. The van der Waals surface area contributed by atoms with E-state index in [9.17, 15) is 13.2 Å². The largest absolute Gasteiger partial charge is 0.399 e. The number of hydrogen-bond acceptors (Lipinski definition) is 4. The van der Waals surface area contributed by atoms with Crippen molar-refractivity contribution in [2.24, 2.45) is 0 Å². The minimum absolute atomic E-state index is 0.0379. The summed E-state index contributed by atoms with van der Waals surface area (Å²) in [4.78, 5) is 12.4. The number of nitrogens with one attached hydrogen (secondary N) is 2. The molecule has 1 aliphatic carbocycles. The second kappa shape index (κ2) is 6.26. The molecule has 6 nitrogen and oxygen atoms in total. The summed E-state index contributed by atoms with van der Waals surface area (Å²) >= 11 is 0. The Bertz CT molecular complexity index is 907. The smallest absolute Gasteiger partial charge is 0.255 e. The van der Waals surface area contributed by atoms with Crippen LogP contribution in [0.4, 0.5) is 11.4 Å². The molecule has 0 spiro atoms. The van der Waals surface area contributed by atoms with Gasteiger partial charge >= 0.3 is 0 Å². The molecule has 0 heterocycles. The molecule has 0 aromatic heterocycles. The van der Waals surface area contributed by atoms with Gasteiger partial charge in [-0.2, -0.15) is 0 Å². The topological polar surface area (TPSA) is 101 Å². The molecule has 1 amide bonds. The molecule has 1 aliphatic rings. The minimum atomic E-state index is -3.67. The number of carbonyl (C=O) groups is 1. The summed E-state index contributed by atoms with van der Waals surface area (Å²) in [6, 6.07) is 9.94. The number of nitrogen functional groups attached to an aromatic ring is 1. The van der Waals surface area contributed by atoms with Gasteiger partial charge in [-0.3, -0.25) is 4.79 Å². The van der Waals surface area contributed by atoms with E-state index in [4.69, 9.17) is 5.73 Å². The summed E-state index contributed by atoms with van der Waals surface area (Å²) in [5.74, 6) is -0.396. The van der Waals surface area contributed by atoms with Crippen LogP contribution in [0.5, 0.6) is 0 Å². The maximum atomic E-state index is 12.5. The number of hydrogen-bond donors (Lipinski definition) is 3. The zero-order chi connectivity index (χ0) is 17.3. The summed E-state index contributed by atoms with van der Waals surface area (Å²) in [7, 11) is -2.36. The van der Waals surface area contributed by atoms with Crippen molar-refractivity contribution < 1.29 is 13.2 Å². The number of amides is 1. The highest BCUT2D eigenvalue weighted by Crippen LogP contribution is 2.25. The fourth-order valence-electron chi connectivity index (χ4n) is 2.88. The Hall–Kier alpha value is -2.38. The average molecular weight is 345 g/mol. The number of benzene rings is 2. The molecule has 2 aromatic rings. The molecule has 4 N–H and O–H groups in total. The van der Waals surface area contributed by atoms with E-state index in [2.05, 4.69) is 10.0 Å². The molecule has 0 saturated carbocycles.